The zero-order valence-corrected chi connectivity index (χ0v) is 24.4. The van der Waals surface area contributed by atoms with E-state index in [1.165, 1.54) is 4.34 Å². The van der Waals surface area contributed by atoms with Gasteiger partial charge >= 0.3 is 0 Å². The highest BCUT2D eigenvalue weighted by Gasteiger charge is 2.30. The van der Waals surface area contributed by atoms with Crippen molar-refractivity contribution in [3.05, 3.63) is 35.7 Å². The van der Waals surface area contributed by atoms with Gasteiger partial charge in [0.1, 0.15) is 11.3 Å². The summed E-state index contributed by atoms with van der Waals surface area (Å²) in [5.74, 6) is -0.140. The van der Waals surface area contributed by atoms with Crippen LogP contribution in [0.1, 0.15) is 56.0 Å². The number of ether oxygens (including phenoxy) is 1. The number of rotatable bonds is 9. The Balaban J connectivity index is 1.58. The molecule has 3 aromatic rings. The number of nitrogens with one attached hydrogen (secondary N) is 2. The van der Waals surface area contributed by atoms with Gasteiger partial charge in [-0.25, -0.2) is 18.7 Å². The Morgan fingerprint density at radius 2 is 2.05 bits per heavy atom. The average molecular weight is 660 g/mol. The van der Waals surface area contributed by atoms with E-state index in [0.29, 0.717) is 22.7 Å². The molecule has 2 N–H and O–H groups in total. The number of pyridine rings is 1. The van der Waals surface area contributed by atoms with Crippen molar-refractivity contribution in [2.75, 3.05) is 34.8 Å². The van der Waals surface area contributed by atoms with E-state index in [1.54, 1.807) is 18.0 Å². The number of amides is 1. The quantitative estimate of drug-likeness (QED) is 0.143. The average Bonchev–Trinajstić information content (AvgIpc) is 3.69. The molecule has 1 aliphatic heterocycles. The molecule has 2 aromatic heterocycles. The fraction of sp³-hybridized carbons (Fsp3) is 0.458. The first-order chi connectivity index (χ1) is 17.9. The van der Waals surface area contributed by atoms with Gasteiger partial charge in [0.15, 0.2) is 11.5 Å². The predicted octanol–water partition coefficient (Wildman–Crippen LogP) is 7.21. The number of carbonyl (C=O) groups excluding carboxylic acids is 1. The molecule has 1 aliphatic carbocycles. The number of benzene rings is 1. The smallest absolute Gasteiger partial charge is 0.295 e. The van der Waals surface area contributed by atoms with E-state index in [1.807, 2.05) is 51.8 Å². The van der Waals surface area contributed by atoms with Gasteiger partial charge in [-0.2, -0.15) is 0 Å². The number of hydrogen-bond acceptors (Lipinski definition) is 7. The first-order valence-electron chi connectivity index (χ1n) is 12.1. The molecule has 0 radical (unpaired) electrons. The Hall–Kier alpha value is -1.76. The minimum absolute atomic E-state index is 0.0155. The second kappa shape index (κ2) is 11.5. The molecule has 2 aliphatic rings. The maximum absolute atomic E-state index is 13.9. The largest absolute Gasteiger partial charge is 0.374 e. The van der Waals surface area contributed by atoms with E-state index < -0.39 is 6.43 Å². The molecule has 13 heteroatoms. The van der Waals surface area contributed by atoms with Crippen molar-refractivity contribution in [1.29, 1.82) is 0 Å². The van der Waals surface area contributed by atoms with Crippen molar-refractivity contribution in [3.8, 4) is 0 Å². The molecule has 1 saturated carbocycles. The lowest BCUT2D eigenvalue weighted by Crippen LogP contribution is -2.15. The first-order valence-corrected chi connectivity index (χ1v) is 17.3. The number of alkyl halides is 2. The van der Waals surface area contributed by atoms with Crippen LogP contribution in [0.4, 0.5) is 31.7 Å². The number of imidazole rings is 1. The monoisotopic (exact) mass is 660 g/mol. The third-order valence-electron chi connectivity index (χ3n) is 6.58. The lowest BCUT2D eigenvalue weighted by molar-refractivity contribution is -0.117. The summed E-state index contributed by atoms with van der Waals surface area (Å²) in [7, 11) is 1.97. The van der Waals surface area contributed by atoms with Gasteiger partial charge in [-0.1, -0.05) is 18.0 Å². The molecule has 2 unspecified atom stereocenters. The molecule has 37 heavy (non-hydrogen) atoms. The van der Waals surface area contributed by atoms with Crippen molar-refractivity contribution in [1.82, 2.24) is 14.3 Å². The van der Waals surface area contributed by atoms with E-state index >= 15 is 0 Å². The third-order valence-corrected chi connectivity index (χ3v) is 9.38. The molecule has 5 rings (SSSR count). The van der Waals surface area contributed by atoms with Gasteiger partial charge in [-0.15, -0.1) is 0 Å². The summed E-state index contributed by atoms with van der Waals surface area (Å²) in [6.07, 6.45) is 4.17. The highest BCUT2D eigenvalue weighted by atomic mass is 127. The lowest BCUT2D eigenvalue weighted by atomic mass is 10.0. The molecular formula is C24H28F2IN6O2PS. The molecule has 2 atom stereocenters. The van der Waals surface area contributed by atoms with E-state index in [0.717, 1.165) is 55.6 Å². The van der Waals surface area contributed by atoms with Crippen LogP contribution in [0.3, 0.4) is 0 Å². The van der Waals surface area contributed by atoms with Crippen LogP contribution in [0.15, 0.2) is 24.3 Å². The Morgan fingerprint density at radius 1 is 1.24 bits per heavy atom. The maximum Gasteiger partial charge on any atom is 0.295 e. The zero-order chi connectivity index (χ0) is 26.1. The van der Waals surface area contributed by atoms with Crippen LogP contribution in [0.5, 0.6) is 0 Å². The van der Waals surface area contributed by atoms with Gasteiger partial charge in [0.2, 0.25) is 5.91 Å². The molecule has 8 nitrogen and oxygen atoms in total. The first kappa shape index (κ1) is 26.8. The van der Waals surface area contributed by atoms with Crippen molar-refractivity contribution in [2.45, 2.75) is 44.6 Å². The van der Waals surface area contributed by atoms with Crippen LogP contribution in [0.2, 0.25) is 0 Å². The standard InChI is InChI=1S/C24H28F2IN6O2PS/c1-32(37-2)17-11-14(18-5-3-4-10-35-18)8-9-15(17)28-16-12-19(30-24(34)13-6-7-13)29-22-20(16)31-23(21(25)26)33(22)36-27/h8-9,11-13,18,21,36H,3-7,10H2,1-2H3,(H2,28,29,30,34). The topological polar surface area (TPSA) is 84.3 Å². The summed E-state index contributed by atoms with van der Waals surface area (Å²) in [5, 5.41) is 6.28. The molecule has 0 bridgehead atoms. The lowest BCUT2D eigenvalue weighted by Gasteiger charge is -2.26. The number of halogens is 3. The van der Waals surface area contributed by atoms with E-state index in [4.69, 9.17) is 4.74 Å². The molecular weight excluding hydrogens is 632 g/mol. The second-order valence-corrected chi connectivity index (χ2v) is 12.1. The van der Waals surface area contributed by atoms with Gasteiger partial charge in [0.25, 0.3) is 6.43 Å². The number of aromatic nitrogens is 3. The molecule has 0 spiro atoms. The number of nitrogens with zero attached hydrogens (tertiary/aromatic N) is 4. The predicted molar refractivity (Wildman–Crippen MR) is 156 cm³/mol. The summed E-state index contributed by atoms with van der Waals surface area (Å²) < 4.78 is 37.2. The van der Waals surface area contributed by atoms with Crippen LogP contribution in [0, 0.1) is 5.92 Å². The van der Waals surface area contributed by atoms with Crippen LogP contribution in [-0.2, 0) is 9.53 Å². The second-order valence-electron chi connectivity index (χ2n) is 9.12. The Kier molecular flexibility index (Phi) is 8.37. The highest BCUT2D eigenvalue weighted by Crippen LogP contribution is 2.41. The van der Waals surface area contributed by atoms with E-state index in [-0.39, 0.29) is 30.1 Å². The number of fused-ring (bicyclic) bond motifs is 1. The van der Waals surface area contributed by atoms with Gasteiger partial charge < -0.3 is 19.7 Å². The Bertz CT molecular complexity index is 1300. The summed E-state index contributed by atoms with van der Waals surface area (Å²) >= 11 is 3.60. The van der Waals surface area contributed by atoms with Gasteiger partial charge in [0.05, 0.1) is 29.5 Å². The Labute approximate surface area is 233 Å². The van der Waals surface area contributed by atoms with Crippen LogP contribution in [0.25, 0.3) is 11.2 Å². The fourth-order valence-electron chi connectivity index (χ4n) is 4.39. The summed E-state index contributed by atoms with van der Waals surface area (Å²) in [4.78, 5) is 21.3. The minimum atomic E-state index is -2.75. The van der Waals surface area contributed by atoms with E-state index in [2.05, 4.69) is 26.7 Å². The number of hydrogen-bond donors (Lipinski definition) is 2. The van der Waals surface area contributed by atoms with Gasteiger partial charge in [-0.3, -0.25) is 9.13 Å². The van der Waals surface area contributed by atoms with E-state index in [9.17, 15) is 13.6 Å². The number of carbonyl (C=O) groups is 1. The summed E-state index contributed by atoms with van der Waals surface area (Å²) in [5.41, 5.74) is 3.97. The van der Waals surface area contributed by atoms with Crippen LogP contribution in [-0.4, -0.2) is 40.1 Å². The summed E-state index contributed by atoms with van der Waals surface area (Å²) in [6.45, 7) is 0.759. The Morgan fingerprint density at radius 3 is 2.70 bits per heavy atom. The SMILES string of the molecule is CSN(C)c1cc(C2CCCCO2)ccc1Nc1cc(NC(=O)C2CC2)nc2c1nc(C(F)F)n2PI. The molecule has 1 amide bonds. The highest BCUT2D eigenvalue weighted by molar-refractivity contribution is 14.2. The van der Waals surface area contributed by atoms with Gasteiger partial charge in [0, 0.05) is 31.9 Å². The van der Waals surface area contributed by atoms with Crippen molar-refractivity contribution in [3.63, 3.8) is 0 Å². The summed E-state index contributed by atoms with van der Waals surface area (Å²) in [6, 6.07) is 7.81. The molecule has 3 heterocycles. The molecule has 1 aromatic carbocycles. The normalized spacial score (nSPS) is 18.2. The molecule has 2 fully saturated rings. The molecule has 198 valence electrons. The van der Waals surface area contributed by atoms with Crippen LogP contribution < -0.4 is 14.9 Å². The van der Waals surface area contributed by atoms with Gasteiger partial charge in [-0.05, 0) is 71.8 Å². The maximum atomic E-state index is 13.9. The van der Waals surface area contributed by atoms with Crippen molar-refractivity contribution < 1.29 is 18.3 Å². The molecule has 1 saturated heterocycles. The van der Waals surface area contributed by atoms with Crippen molar-refractivity contribution in [2.24, 2.45) is 5.92 Å². The van der Waals surface area contributed by atoms with Crippen LogP contribution >= 0.6 is 40.4 Å². The minimum Gasteiger partial charge on any atom is -0.374 e. The fourth-order valence-corrected chi connectivity index (χ4v) is 6.63. The number of anilines is 4. The van der Waals surface area contributed by atoms with Crippen molar-refractivity contribution >= 4 is 80.3 Å². The third kappa shape index (κ3) is 5.81. The zero-order valence-electron chi connectivity index (χ0n) is 20.4.